The highest BCUT2D eigenvalue weighted by Crippen LogP contribution is 2.03. The number of hydrogen-bond acceptors (Lipinski definition) is 2. The van der Waals surface area contributed by atoms with Crippen LogP contribution in [0.3, 0.4) is 0 Å². The van der Waals surface area contributed by atoms with E-state index in [-0.39, 0.29) is 12.5 Å². The van der Waals surface area contributed by atoms with Gasteiger partial charge in [0.25, 0.3) is 0 Å². The third kappa shape index (κ3) is 3.38. The summed E-state index contributed by atoms with van der Waals surface area (Å²) in [5.41, 5.74) is 0. The summed E-state index contributed by atoms with van der Waals surface area (Å²) in [6.07, 6.45) is 5.33. The number of amides is 1. The molecule has 0 radical (unpaired) electrons. The standard InChI is InChI=1S/C9H14ClN3O/c1-2-3-4-11-8(14)7-13-6-5-12-9(13)10/h5-6H,2-4,7H2,1H3,(H,11,14). The lowest BCUT2D eigenvalue weighted by molar-refractivity contribution is -0.121. The van der Waals surface area contributed by atoms with E-state index in [1.54, 1.807) is 17.0 Å². The summed E-state index contributed by atoms with van der Waals surface area (Å²) in [6.45, 7) is 3.04. The number of hydrogen-bond donors (Lipinski definition) is 1. The summed E-state index contributed by atoms with van der Waals surface area (Å²) in [6, 6.07) is 0. The first-order valence-electron chi connectivity index (χ1n) is 4.67. The van der Waals surface area contributed by atoms with E-state index in [4.69, 9.17) is 11.6 Å². The maximum atomic E-state index is 11.3. The Labute approximate surface area is 88.3 Å². The molecule has 0 unspecified atom stereocenters. The molecule has 0 bridgehead atoms. The number of imidazole rings is 1. The first-order valence-corrected chi connectivity index (χ1v) is 5.05. The Bertz CT molecular complexity index is 298. The van der Waals surface area contributed by atoms with Gasteiger partial charge < -0.3 is 9.88 Å². The van der Waals surface area contributed by atoms with E-state index in [1.165, 1.54) is 0 Å². The summed E-state index contributed by atoms with van der Waals surface area (Å²) in [4.78, 5) is 15.1. The van der Waals surface area contributed by atoms with E-state index in [9.17, 15) is 4.79 Å². The van der Waals surface area contributed by atoms with E-state index in [2.05, 4.69) is 17.2 Å². The molecule has 1 rings (SSSR count). The minimum atomic E-state index is -0.0293. The minimum Gasteiger partial charge on any atom is -0.355 e. The molecule has 1 aromatic rings. The molecular weight excluding hydrogens is 202 g/mol. The number of nitrogens with zero attached hydrogens (tertiary/aromatic N) is 2. The molecule has 0 aliphatic rings. The van der Waals surface area contributed by atoms with Crippen LogP contribution in [0, 0.1) is 0 Å². The quantitative estimate of drug-likeness (QED) is 0.756. The molecule has 0 aliphatic heterocycles. The van der Waals surface area contributed by atoms with Gasteiger partial charge in [-0.2, -0.15) is 0 Å². The lowest BCUT2D eigenvalue weighted by Gasteiger charge is -2.05. The average Bonchev–Trinajstić information content (AvgIpc) is 2.52. The van der Waals surface area contributed by atoms with Crippen LogP contribution in [-0.2, 0) is 11.3 Å². The van der Waals surface area contributed by atoms with Gasteiger partial charge in [0.15, 0.2) is 0 Å². The molecule has 5 heteroatoms. The summed E-state index contributed by atoms with van der Waals surface area (Å²) < 4.78 is 1.60. The van der Waals surface area contributed by atoms with Gasteiger partial charge in [0.2, 0.25) is 11.2 Å². The molecule has 1 heterocycles. The van der Waals surface area contributed by atoms with Crippen LogP contribution in [-0.4, -0.2) is 22.0 Å². The fourth-order valence-corrected chi connectivity index (χ4v) is 1.22. The molecule has 0 saturated heterocycles. The Morgan fingerprint density at radius 3 is 3.07 bits per heavy atom. The summed E-state index contributed by atoms with van der Waals surface area (Å²) >= 11 is 5.72. The zero-order valence-corrected chi connectivity index (χ0v) is 8.92. The van der Waals surface area contributed by atoms with Crippen molar-refractivity contribution in [2.45, 2.75) is 26.3 Å². The van der Waals surface area contributed by atoms with E-state index < -0.39 is 0 Å². The third-order valence-corrected chi connectivity index (χ3v) is 2.15. The predicted octanol–water partition coefficient (Wildman–Crippen LogP) is 1.45. The van der Waals surface area contributed by atoms with Crippen molar-refractivity contribution >= 4 is 17.5 Å². The predicted molar refractivity (Wildman–Crippen MR) is 55.2 cm³/mol. The van der Waals surface area contributed by atoms with Crippen LogP contribution in [0.5, 0.6) is 0 Å². The van der Waals surface area contributed by atoms with E-state index in [0.29, 0.717) is 5.28 Å². The van der Waals surface area contributed by atoms with Crippen molar-refractivity contribution in [3.63, 3.8) is 0 Å². The van der Waals surface area contributed by atoms with Gasteiger partial charge in [-0.1, -0.05) is 13.3 Å². The van der Waals surface area contributed by atoms with Gasteiger partial charge >= 0.3 is 0 Å². The van der Waals surface area contributed by atoms with Crippen LogP contribution in [0.1, 0.15) is 19.8 Å². The van der Waals surface area contributed by atoms with Crippen molar-refractivity contribution in [1.29, 1.82) is 0 Å². The number of unbranched alkanes of at least 4 members (excludes halogenated alkanes) is 1. The summed E-state index contributed by atoms with van der Waals surface area (Å²) in [7, 11) is 0. The molecule has 1 aromatic heterocycles. The smallest absolute Gasteiger partial charge is 0.240 e. The SMILES string of the molecule is CCCCNC(=O)Cn1ccnc1Cl. The van der Waals surface area contributed by atoms with Crippen molar-refractivity contribution in [3.05, 3.63) is 17.7 Å². The first-order chi connectivity index (χ1) is 6.74. The van der Waals surface area contributed by atoms with Crippen LogP contribution in [0.25, 0.3) is 0 Å². The zero-order valence-electron chi connectivity index (χ0n) is 8.16. The van der Waals surface area contributed by atoms with E-state index >= 15 is 0 Å². The van der Waals surface area contributed by atoms with Crippen molar-refractivity contribution in [1.82, 2.24) is 14.9 Å². The first kappa shape index (κ1) is 11.0. The van der Waals surface area contributed by atoms with E-state index in [0.717, 1.165) is 19.4 Å². The molecular formula is C9H14ClN3O. The highest BCUT2D eigenvalue weighted by molar-refractivity contribution is 6.28. The van der Waals surface area contributed by atoms with Gasteiger partial charge in [0.05, 0.1) is 0 Å². The van der Waals surface area contributed by atoms with Gasteiger partial charge in [-0.3, -0.25) is 4.79 Å². The number of nitrogens with one attached hydrogen (secondary N) is 1. The third-order valence-electron chi connectivity index (χ3n) is 1.83. The normalized spacial score (nSPS) is 10.1. The Morgan fingerprint density at radius 1 is 1.71 bits per heavy atom. The maximum absolute atomic E-state index is 11.3. The highest BCUT2D eigenvalue weighted by atomic mass is 35.5. The molecule has 4 nitrogen and oxygen atoms in total. The molecule has 78 valence electrons. The molecule has 0 aliphatic carbocycles. The van der Waals surface area contributed by atoms with Gasteiger partial charge in [-0.05, 0) is 18.0 Å². The number of aromatic nitrogens is 2. The van der Waals surface area contributed by atoms with E-state index in [1.807, 2.05) is 0 Å². The van der Waals surface area contributed by atoms with Gasteiger partial charge in [0, 0.05) is 18.9 Å². The Morgan fingerprint density at radius 2 is 2.50 bits per heavy atom. The summed E-state index contributed by atoms with van der Waals surface area (Å²) in [5, 5.41) is 3.15. The largest absolute Gasteiger partial charge is 0.355 e. The van der Waals surface area contributed by atoms with Crippen molar-refractivity contribution in [2.24, 2.45) is 0 Å². The Hall–Kier alpha value is -1.03. The topological polar surface area (TPSA) is 46.9 Å². The van der Waals surface area contributed by atoms with Crippen LogP contribution in [0.4, 0.5) is 0 Å². The van der Waals surface area contributed by atoms with Crippen LogP contribution >= 0.6 is 11.6 Å². The molecule has 0 aromatic carbocycles. The second kappa shape index (κ2) is 5.65. The molecule has 0 atom stereocenters. The molecule has 0 fully saturated rings. The second-order valence-electron chi connectivity index (χ2n) is 3.03. The number of halogens is 1. The van der Waals surface area contributed by atoms with Crippen molar-refractivity contribution in [2.75, 3.05) is 6.54 Å². The highest BCUT2D eigenvalue weighted by Gasteiger charge is 2.04. The van der Waals surface area contributed by atoms with Gasteiger partial charge in [-0.25, -0.2) is 4.98 Å². The molecule has 0 saturated carbocycles. The molecule has 1 amide bonds. The van der Waals surface area contributed by atoms with Crippen molar-refractivity contribution < 1.29 is 4.79 Å². The van der Waals surface area contributed by atoms with Crippen LogP contribution in [0.15, 0.2) is 12.4 Å². The van der Waals surface area contributed by atoms with Gasteiger partial charge in [0.1, 0.15) is 6.54 Å². The number of carbonyl (C=O) groups excluding carboxylic acids is 1. The summed E-state index contributed by atoms with van der Waals surface area (Å²) in [5.74, 6) is -0.0293. The lowest BCUT2D eigenvalue weighted by Crippen LogP contribution is -2.28. The Kier molecular flexibility index (Phi) is 4.46. The zero-order chi connectivity index (χ0) is 10.4. The lowest BCUT2D eigenvalue weighted by atomic mass is 10.3. The second-order valence-corrected chi connectivity index (χ2v) is 3.37. The number of carbonyl (C=O) groups is 1. The average molecular weight is 216 g/mol. The van der Waals surface area contributed by atoms with Crippen LogP contribution < -0.4 is 5.32 Å². The number of rotatable bonds is 5. The fraction of sp³-hybridized carbons (Fsp3) is 0.556. The molecule has 14 heavy (non-hydrogen) atoms. The molecule has 0 spiro atoms. The van der Waals surface area contributed by atoms with Gasteiger partial charge in [-0.15, -0.1) is 0 Å². The van der Waals surface area contributed by atoms with Crippen LogP contribution in [0.2, 0.25) is 5.28 Å². The molecule has 1 N–H and O–H groups in total. The Balaban J connectivity index is 2.31. The van der Waals surface area contributed by atoms with Crippen molar-refractivity contribution in [3.8, 4) is 0 Å². The maximum Gasteiger partial charge on any atom is 0.240 e. The monoisotopic (exact) mass is 215 g/mol. The fourth-order valence-electron chi connectivity index (χ4n) is 1.04. The minimum absolute atomic E-state index is 0.0293.